The minimum absolute atomic E-state index is 0.107. The summed E-state index contributed by atoms with van der Waals surface area (Å²) in [6.07, 6.45) is 0.559. The molecular formula is C18H20N4O2. The van der Waals surface area contributed by atoms with Crippen molar-refractivity contribution in [1.29, 1.82) is 5.26 Å². The number of hydrogen-bond donors (Lipinski definition) is 1. The molecule has 0 spiro atoms. The molecule has 2 aromatic rings. The molecule has 1 saturated heterocycles. The van der Waals surface area contributed by atoms with Gasteiger partial charge in [0.15, 0.2) is 0 Å². The zero-order valence-electron chi connectivity index (χ0n) is 14.0. The molecule has 6 nitrogen and oxygen atoms in total. The van der Waals surface area contributed by atoms with E-state index >= 15 is 0 Å². The normalized spacial score (nSPS) is 19.9. The van der Waals surface area contributed by atoms with E-state index in [0.717, 1.165) is 23.4 Å². The number of aryl methyl sites for hydroxylation is 2. The van der Waals surface area contributed by atoms with Crippen molar-refractivity contribution in [2.24, 2.45) is 7.05 Å². The van der Waals surface area contributed by atoms with Crippen LogP contribution in [-0.2, 0) is 11.8 Å². The summed E-state index contributed by atoms with van der Waals surface area (Å²) in [4.78, 5) is 12.5. The predicted molar refractivity (Wildman–Crippen MR) is 88.4 cm³/mol. The first-order chi connectivity index (χ1) is 11.5. The second-order valence-corrected chi connectivity index (χ2v) is 6.06. The second-order valence-electron chi connectivity index (χ2n) is 6.06. The number of nitriles is 1. The Morgan fingerprint density at radius 2 is 2.25 bits per heavy atom. The van der Waals surface area contributed by atoms with Gasteiger partial charge in [-0.1, -0.05) is 6.07 Å². The summed E-state index contributed by atoms with van der Waals surface area (Å²) in [5.41, 5.74) is 3.98. The van der Waals surface area contributed by atoms with E-state index < -0.39 is 0 Å². The Morgan fingerprint density at radius 1 is 1.46 bits per heavy atom. The molecule has 2 heterocycles. The van der Waals surface area contributed by atoms with Gasteiger partial charge < -0.3 is 10.1 Å². The number of nitrogens with one attached hydrogen (secondary N) is 1. The summed E-state index contributed by atoms with van der Waals surface area (Å²) in [6.45, 7) is 4.56. The molecule has 0 bridgehead atoms. The third-order valence-electron chi connectivity index (χ3n) is 4.51. The standard InChI is InChI=1S/C18H20N4O2/c1-11-16(12(2)22(3)21-11)17-15(7-8-24-17)20-18(23)14-6-4-5-13(9-14)10-19/h4-6,9,15,17H,7-8H2,1-3H3,(H,20,23)/t15-,17-/m0/s1. The van der Waals surface area contributed by atoms with Crippen LogP contribution in [0.5, 0.6) is 0 Å². The Hall–Kier alpha value is -2.65. The maximum absolute atomic E-state index is 12.5. The zero-order valence-corrected chi connectivity index (χ0v) is 14.0. The Labute approximate surface area is 141 Å². The maximum atomic E-state index is 12.5. The fourth-order valence-electron chi connectivity index (χ4n) is 3.21. The highest BCUT2D eigenvalue weighted by Gasteiger charge is 2.34. The van der Waals surface area contributed by atoms with Gasteiger partial charge >= 0.3 is 0 Å². The number of rotatable bonds is 3. The molecule has 2 atom stereocenters. The number of amides is 1. The molecule has 1 aliphatic rings. The number of hydrogen-bond acceptors (Lipinski definition) is 4. The van der Waals surface area contributed by atoms with Crippen molar-refractivity contribution in [3.8, 4) is 6.07 Å². The van der Waals surface area contributed by atoms with E-state index in [0.29, 0.717) is 17.7 Å². The molecule has 0 saturated carbocycles. The number of benzene rings is 1. The van der Waals surface area contributed by atoms with Crippen LogP contribution in [0.3, 0.4) is 0 Å². The monoisotopic (exact) mass is 324 g/mol. The smallest absolute Gasteiger partial charge is 0.251 e. The van der Waals surface area contributed by atoms with Crippen molar-refractivity contribution >= 4 is 5.91 Å². The van der Waals surface area contributed by atoms with Gasteiger partial charge in [0.1, 0.15) is 6.10 Å². The third kappa shape index (κ3) is 2.91. The summed E-state index contributed by atoms with van der Waals surface area (Å²) >= 11 is 0. The van der Waals surface area contributed by atoms with Crippen LogP contribution in [0.15, 0.2) is 24.3 Å². The van der Waals surface area contributed by atoms with E-state index in [4.69, 9.17) is 10.00 Å². The molecular weight excluding hydrogens is 304 g/mol. The highest BCUT2D eigenvalue weighted by atomic mass is 16.5. The number of ether oxygens (including phenoxy) is 1. The van der Waals surface area contributed by atoms with Gasteiger partial charge in [-0.15, -0.1) is 0 Å². The van der Waals surface area contributed by atoms with E-state index in [2.05, 4.69) is 16.5 Å². The Balaban J connectivity index is 1.81. The van der Waals surface area contributed by atoms with E-state index in [-0.39, 0.29) is 18.1 Å². The van der Waals surface area contributed by atoms with Crippen LogP contribution in [0.25, 0.3) is 0 Å². The van der Waals surface area contributed by atoms with Crippen molar-refractivity contribution in [2.45, 2.75) is 32.4 Å². The zero-order chi connectivity index (χ0) is 17.3. The van der Waals surface area contributed by atoms with Crippen LogP contribution in [0.1, 0.15) is 45.4 Å². The van der Waals surface area contributed by atoms with E-state index in [1.807, 2.05) is 25.6 Å². The molecule has 0 unspecified atom stereocenters. The van der Waals surface area contributed by atoms with Gasteiger partial charge in [-0.05, 0) is 38.5 Å². The average Bonchev–Trinajstić information content (AvgIpc) is 3.11. The highest BCUT2D eigenvalue weighted by Crippen LogP contribution is 2.33. The fourth-order valence-corrected chi connectivity index (χ4v) is 3.21. The van der Waals surface area contributed by atoms with Crippen LogP contribution in [0, 0.1) is 25.2 Å². The summed E-state index contributed by atoms with van der Waals surface area (Å²) in [5.74, 6) is -0.188. The van der Waals surface area contributed by atoms with Gasteiger partial charge in [-0.25, -0.2) is 0 Å². The summed E-state index contributed by atoms with van der Waals surface area (Å²) < 4.78 is 7.72. The van der Waals surface area contributed by atoms with Crippen molar-refractivity contribution in [2.75, 3.05) is 6.61 Å². The molecule has 1 N–H and O–H groups in total. The molecule has 0 radical (unpaired) electrons. The molecule has 1 fully saturated rings. The molecule has 0 aliphatic carbocycles. The Morgan fingerprint density at radius 3 is 2.92 bits per heavy atom. The molecule has 1 aromatic carbocycles. The number of carbonyl (C=O) groups excluding carboxylic acids is 1. The molecule has 3 rings (SSSR count). The quantitative estimate of drug-likeness (QED) is 0.938. The molecule has 1 amide bonds. The predicted octanol–water partition coefficient (Wildman–Crippen LogP) is 2.17. The topological polar surface area (TPSA) is 79.9 Å². The van der Waals surface area contributed by atoms with Crippen LogP contribution < -0.4 is 5.32 Å². The largest absolute Gasteiger partial charge is 0.371 e. The van der Waals surface area contributed by atoms with Crippen LogP contribution in [-0.4, -0.2) is 28.3 Å². The van der Waals surface area contributed by atoms with Gasteiger partial charge in [0, 0.05) is 30.5 Å². The minimum Gasteiger partial charge on any atom is -0.371 e. The highest BCUT2D eigenvalue weighted by molar-refractivity contribution is 5.94. The van der Waals surface area contributed by atoms with Gasteiger partial charge in [-0.3, -0.25) is 9.48 Å². The molecule has 124 valence electrons. The van der Waals surface area contributed by atoms with Gasteiger partial charge in [0.25, 0.3) is 5.91 Å². The summed E-state index contributed by atoms with van der Waals surface area (Å²) in [5, 5.41) is 16.5. The SMILES string of the molecule is Cc1nn(C)c(C)c1[C@H]1OCC[C@@H]1NC(=O)c1cccc(C#N)c1. The van der Waals surface area contributed by atoms with Crippen LogP contribution in [0.2, 0.25) is 0 Å². The molecule has 1 aromatic heterocycles. The first-order valence-corrected chi connectivity index (χ1v) is 7.94. The van der Waals surface area contributed by atoms with Crippen molar-refractivity contribution in [1.82, 2.24) is 15.1 Å². The Bertz CT molecular complexity index is 819. The maximum Gasteiger partial charge on any atom is 0.251 e. The average molecular weight is 324 g/mol. The van der Waals surface area contributed by atoms with Crippen LogP contribution in [0.4, 0.5) is 0 Å². The lowest BCUT2D eigenvalue weighted by Gasteiger charge is -2.20. The number of nitrogens with zero attached hydrogens (tertiary/aromatic N) is 3. The number of carbonyl (C=O) groups is 1. The van der Waals surface area contributed by atoms with Crippen molar-refractivity contribution < 1.29 is 9.53 Å². The molecule has 6 heteroatoms. The molecule has 1 aliphatic heterocycles. The lowest BCUT2D eigenvalue weighted by Crippen LogP contribution is -2.37. The number of aromatic nitrogens is 2. The first kappa shape index (κ1) is 16.2. The van der Waals surface area contributed by atoms with E-state index in [1.165, 1.54) is 0 Å². The fraction of sp³-hybridized carbons (Fsp3) is 0.389. The Kier molecular flexibility index (Phi) is 4.36. The second kappa shape index (κ2) is 6.46. The third-order valence-corrected chi connectivity index (χ3v) is 4.51. The molecule has 24 heavy (non-hydrogen) atoms. The minimum atomic E-state index is -0.193. The summed E-state index contributed by atoms with van der Waals surface area (Å²) in [7, 11) is 1.90. The lowest BCUT2D eigenvalue weighted by atomic mass is 9.99. The summed E-state index contributed by atoms with van der Waals surface area (Å²) in [6, 6.07) is 8.65. The van der Waals surface area contributed by atoms with Crippen molar-refractivity contribution in [3.05, 3.63) is 52.3 Å². The van der Waals surface area contributed by atoms with Gasteiger partial charge in [0.05, 0.1) is 23.4 Å². The van der Waals surface area contributed by atoms with Crippen LogP contribution >= 0.6 is 0 Å². The first-order valence-electron chi connectivity index (χ1n) is 7.94. The van der Waals surface area contributed by atoms with E-state index in [9.17, 15) is 4.79 Å². The lowest BCUT2D eigenvalue weighted by molar-refractivity contribution is 0.0817. The van der Waals surface area contributed by atoms with Crippen molar-refractivity contribution in [3.63, 3.8) is 0 Å². The van der Waals surface area contributed by atoms with Gasteiger partial charge in [-0.2, -0.15) is 10.4 Å². The van der Waals surface area contributed by atoms with E-state index in [1.54, 1.807) is 24.3 Å². The van der Waals surface area contributed by atoms with Gasteiger partial charge in [0.2, 0.25) is 0 Å².